The highest BCUT2D eigenvalue weighted by atomic mass is 16.2. The van der Waals surface area contributed by atoms with Crippen LogP contribution in [0.5, 0.6) is 0 Å². The van der Waals surface area contributed by atoms with Crippen molar-refractivity contribution in [3.8, 4) is 0 Å². The number of likely N-dealkylation sites (tertiary alicyclic amines) is 1. The van der Waals surface area contributed by atoms with Crippen LogP contribution in [0, 0.1) is 5.92 Å². The highest BCUT2D eigenvalue weighted by Crippen LogP contribution is 2.28. The Morgan fingerprint density at radius 1 is 1.24 bits per heavy atom. The number of nitrogens with zero attached hydrogens (tertiary/aromatic N) is 6. The van der Waals surface area contributed by atoms with Gasteiger partial charge >= 0.3 is 0 Å². The standard InChI is InChI=1S/C18H26N6O/c1-21-9-6-19-17(21)10-14-4-3-7-23(12-14)16-5-8-24(18(16)25)15-11-20-22(2)13-15/h6,9,11,13-14,16H,3-5,7-8,10,12H2,1-2H3/t14-,16+/m1/s1. The van der Waals surface area contributed by atoms with Crippen molar-refractivity contribution in [1.29, 1.82) is 0 Å². The molecule has 134 valence electrons. The Balaban J connectivity index is 1.41. The van der Waals surface area contributed by atoms with Crippen LogP contribution < -0.4 is 4.90 Å². The molecule has 0 spiro atoms. The van der Waals surface area contributed by atoms with Gasteiger partial charge in [-0.15, -0.1) is 0 Å². The highest BCUT2D eigenvalue weighted by Gasteiger charge is 2.38. The molecule has 0 aliphatic carbocycles. The molecule has 25 heavy (non-hydrogen) atoms. The Kier molecular flexibility index (Phi) is 4.33. The average Bonchev–Trinajstić information content (AvgIpc) is 3.29. The molecule has 0 N–H and O–H groups in total. The quantitative estimate of drug-likeness (QED) is 0.838. The maximum absolute atomic E-state index is 12.9. The zero-order valence-electron chi connectivity index (χ0n) is 15.0. The van der Waals surface area contributed by atoms with Gasteiger partial charge in [-0.3, -0.25) is 14.4 Å². The van der Waals surface area contributed by atoms with E-state index < -0.39 is 0 Å². The lowest BCUT2D eigenvalue weighted by molar-refractivity contribution is -0.122. The van der Waals surface area contributed by atoms with Crippen LogP contribution in [0.2, 0.25) is 0 Å². The molecule has 7 heteroatoms. The summed E-state index contributed by atoms with van der Waals surface area (Å²) in [5.41, 5.74) is 0.913. The minimum atomic E-state index is 0.0179. The van der Waals surface area contributed by atoms with Crippen molar-refractivity contribution < 1.29 is 4.79 Å². The first-order chi connectivity index (χ1) is 12.1. The molecule has 0 unspecified atom stereocenters. The number of amides is 1. The van der Waals surface area contributed by atoms with Gasteiger partial charge < -0.3 is 9.47 Å². The van der Waals surface area contributed by atoms with Crippen LogP contribution in [0.3, 0.4) is 0 Å². The van der Waals surface area contributed by atoms with Crippen molar-refractivity contribution in [1.82, 2.24) is 24.2 Å². The second-order valence-corrected chi connectivity index (χ2v) is 7.33. The van der Waals surface area contributed by atoms with E-state index in [9.17, 15) is 4.79 Å². The summed E-state index contributed by atoms with van der Waals surface area (Å²) in [4.78, 5) is 21.7. The summed E-state index contributed by atoms with van der Waals surface area (Å²) in [5, 5.41) is 4.20. The summed E-state index contributed by atoms with van der Waals surface area (Å²) >= 11 is 0. The van der Waals surface area contributed by atoms with Crippen molar-refractivity contribution >= 4 is 11.6 Å². The lowest BCUT2D eigenvalue weighted by Crippen LogP contribution is -2.47. The second kappa shape index (κ2) is 6.63. The average molecular weight is 342 g/mol. The molecule has 2 aromatic heterocycles. The molecular formula is C18H26N6O. The largest absolute Gasteiger partial charge is 0.338 e. The molecule has 2 fully saturated rings. The fraction of sp³-hybridized carbons (Fsp3) is 0.611. The van der Waals surface area contributed by atoms with Crippen LogP contribution in [-0.2, 0) is 25.3 Å². The fourth-order valence-electron chi connectivity index (χ4n) is 4.21. The van der Waals surface area contributed by atoms with Gasteiger partial charge in [0.05, 0.1) is 17.9 Å². The second-order valence-electron chi connectivity index (χ2n) is 7.33. The van der Waals surface area contributed by atoms with E-state index in [0.717, 1.165) is 50.4 Å². The van der Waals surface area contributed by atoms with Crippen LogP contribution in [0.15, 0.2) is 24.8 Å². The Morgan fingerprint density at radius 2 is 2.12 bits per heavy atom. The normalized spacial score (nSPS) is 25.0. The molecule has 2 saturated heterocycles. The third-order valence-electron chi connectivity index (χ3n) is 5.56. The predicted molar refractivity (Wildman–Crippen MR) is 95.2 cm³/mol. The number of carbonyl (C=O) groups is 1. The first-order valence-electron chi connectivity index (χ1n) is 9.12. The summed E-state index contributed by atoms with van der Waals surface area (Å²) in [5.74, 6) is 1.95. The Bertz CT molecular complexity index is 750. The van der Waals surface area contributed by atoms with E-state index in [0.29, 0.717) is 5.92 Å². The molecule has 0 aromatic carbocycles. The molecule has 7 nitrogen and oxygen atoms in total. The number of carbonyl (C=O) groups excluding carboxylic acids is 1. The Hall–Kier alpha value is -2.15. The minimum Gasteiger partial charge on any atom is -0.338 e. The van der Waals surface area contributed by atoms with Crippen LogP contribution in [0.4, 0.5) is 5.69 Å². The zero-order valence-corrected chi connectivity index (χ0v) is 15.0. The molecule has 4 rings (SSSR count). The van der Waals surface area contributed by atoms with Crippen LogP contribution >= 0.6 is 0 Å². The van der Waals surface area contributed by atoms with E-state index in [1.165, 1.54) is 6.42 Å². The van der Waals surface area contributed by atoms with Gasteiger partial charge in [0, 0.05) is 52.2 Å². The van der Waals surface area contributed by atoms with E-state index in [2.05, 4.69) is 26.6 Å². The van der Waals surface area contributed by atoms with E-state index in [-0.39, 0.29) is 11.9 Å². The lowest BCUT2D eigenvalue weighted by Gasteiger charge is -2.35. The number of piperidine rings is 1. The predicted octanol–water partition coefficient (Wildman–Crippen LogP) is 1.21. The van der Waals surface area contributed by atoms with Gasteiger partial charge in [0.2, 0.25) is 5.91 Å². The maximum atomic E-state index is 12.9. The van der Waals surface area contributed by atoms with Gasteiger partial charge in [-0.1, -0.05) is 0 Å². The zero-order chi connectivity index (χ0) is 17.4. The molecule has 1 amide bonds. The van der Waals surface area contributed by atoms with Crippen LogP contribution in [0.25, 0.3) is 0 Å². The van der Waals surface area contributed by atoms with Gasteiger partial charge in [-0.25, -0.2) is 4.98 Å². The molecular weight excluding hydrogens is 316 g/mol. The van der Waals surface area contributed by atoms with E-state index in [1.54, 1.807) is 10.9 Å². The summed E-state index contributed by atoms with van der Waals surface area (Å²) in [6.07, 6.45) is 11.8. The molecule has 2 atom stereocenters. The van der Waals surface area contributed by atoms with Crippen LogP contribution in [0.1, 0.15) is 25.1 Å². The highest BCUT2D eigenvalue weighted by molar-refractivity contribution is 5.99. The Labute approximate surface area is 148 Å². The summed E-state index contributed by atoms with van der Waals surface area (Å²) in [6.45, 7) is 2.80. The fourth-order valence-corrected chi connectivity index (χ4v) is 4.21. The first kappa shape index (κ1) is 16.3. The first-order valence-corrected chi connectivity index (χ1v) is 9.12. The SMILES string of the molecule is Cn1cc(N2CC[C@H](N3CCC[C@H](Cc4nccn4C)C3)C2=O)cn1. The molecule has 0 bridgehead atoms. The number of hydrogen-bond acceptors (Lipinski definition) is 4. The van der Waals surface area contributed by atoms with Gasteiger partial charge in [-0.2, -0.15) is 5.10 Å². The topological polar surface area (TPSA) is 59.2 Å². The number of anilines is 1. The van der Waals surface area contributed by atoms with Crippen molar-refractivity contribution in [2.75, 3.05) is 24.5 Å². The number of aromatic nitrogens is 4. The maximum Gasteiger partial charge on any atom is 0.244 e. The summed E-state index contributed by atoms with van der Waals surface area (Å²) in [6, 6.07) is 0.0179. The third-order valence-corrected chi connectivity index (χ3v) is 5.56. The number of hydrogen-bond donors (Lipinski definition) is 0. The van der Waals surface area contributed by atoms with Gasteiger partial charge in [0.25, 0.3) is 0 Å². The van der Waals surface area contributed by atoms with Crippen LogP contribution in [-0.4, -0.2) is 55.8 Å². The van der Waals surface area contributed by atoms with Gasteiger partial charge in [0.15, 0.2) is 0 Å². The smallest absolute Gasteiger partial charge is 0.244 e. The number of rotatable bonds is 4. The molecule has 0 radical (unpaired) electrons. The minimum absolute atomic E-state index is 0.0179. The molecule has 2 aliphatic rings. The van der Waals surface area contributed by atoms with Gasteiger partial charge in [0.1, 0.15) is 5.82 Å². The van der Waals surface area contributed by atoms with E-state index in [1.807, 2.05) is 30.5 Å². The number of aryl methyl sites for hydroxylation is 2. The van der Waals surface area contributed by atoms with Crippen molar-refractivity contribution in [2.24, 2.45) is 20.0 Å². The lowest BCUT2D eigenvalue weighted by atomic mass is 9.93. The van der Waals surface area contributed by atoms with Crippen molar-refractivity contribution in [3.63, 3.8) is 0 Å². The van der Waals surface area contributed by atoms with E-state index >= 15 is 0 Å². The molecule has 2 aliphatic heterocycles. The Morgan fingerprint density at radius 3 is 2.84 bits per heavy atom. The summed E-state index contributed by atoms with van der Waals surface area (Å²) in [7, 11) is 3.93. The van der Waals surface area contributed by atoms with E-state index in [4.69, 9.17) is 0 Å². The monoisotopic (exact) mass is 342 g/mol. The third kappa shape index (κ3) is 3.20. The van der Waals surface area contributed by atoms with Gasteiger partial charge in [-0.05, 0) is 31.7 Å². The molecule has 0 saturated carbocycles. The summed E-state index contributed by atoms with van der Waals surface area (Å²) < 4.78 is 3.85. The molecule has 2 aromatic rings. The van der Waals surface area contributed by atoms with Crippen molar-refractivity contribution in [2.45, 2.75) is 31.7 Å². The van der Waals surface area contributed by atoms with Crippen molar-refractivity contribution in [3.05, 3.63) is 30.6 Å². The molecule has 4 heterocycles. The number of imidazole rings is 1.